The topological polar surface area (TPSA) is 55.1 Å². The van der Waals surface area contributed by atoms with Gasteiger partial charge in [-0.15, -0.1) is 0 Å². The van der Waals surface area contributed by atoms with Gasteiger partial charge in [0.2, 0.25) is 0 Å². The molecule has 0 bridgehead atoms. The Morgan fingerprint density at radius 1 is 1.44 bits per heavy atom. The molecule has 0 aliphatic carbocycles. The summed E-state index contributed by atoms with van der Waals surface area (Å²) in [4.78, 5) is 12.2. The molecule has 0 radical (unpaired) electrons. The van der Waals surface area contributed by atoms with E-state index < -0.39 is 0 Å². The van der Waals surface area contributed by atoms with Crippen molar-refractivity contribution in [3.63, 3.8) is 0 Å². The Bertz CT molecular complexity index is 425. The summed E-state index contributed by atoms with van der Waals surface area (Å²) in [5.74, 6) is -0.132. The van der Waals surface area contributed by atoms with Crippen LogP contribution in [-0.2, 0) is 0 Å². The Balaban J connectivity index is 2.94. The van der Waals surface area contributed by atoms with Crippen molar-refractivity contribution in [3.8, 4) is 0 Å². The minimum absolute atomic E-state index is 0.132. The lowest BCUT2D eigenvalue weighted by Gasteiger charge is -2.31. The molecule has 1 aromatic carbocycles. The van der Waals surface area contributed by atoms with Crippen molar-refractivity contribution in [3.05, 3.63) is 33.3 Å². The number of rotatable bonds is 5. The SMILES string of the molecule is CCC(CC)(CN)NC(=O)c1ccc(Cl)cc1Br. The maximum absolute atomic E-state index is 12.2. The highest BCUT2D eigenvalue weighted by Gasteiger charge is 2.27. The van der Waals surface area contributed by atoms with Crippen LogP contribution in [0.25, 0.3) is 0 Å². The highest BCUT2D eigenvalue weighted by atomic mass is 79.9. The molecule has 0 atom stereocenters. The zero-order valence-electron chi connectivity index (χ0n) is 10.6. The maximum Gasteiger partial charge on any atom is 0.252 e. The highest BCUT2D eigenvalue weighted by molar-refractivity contribution is 9.10. The number of hydrogen-bond acceptors (Lipinski definition) is 2. The van der Waals surface area contributed by atoms with Gasteiger partial charge < -0.3 is 11.1 Å². The van der Waals surface area contributed by atoms with Crippen molar-refractivity contribution >= 4 is 33.4 Å². The summed E-state index contributed by atoms with van der Waals surface area (Å²) in [7, 11) is 0. The molecule has 1 amide bonds. The van der Waals surface area contributed by atoms with Gasteiger partial charge in [-0.1, -0.05) is 25.4 Å². The molecule has 0 aliphatic heterocycles. The zero-order chi connectivity index (χ0) is 13.8. The van der Waals surface area contributed by atoms with Crippen LogP contribution < -0.4 is 11.1 Å². The standard InChI is InChI=1S/C13H18BrClN2O/c1-3-13(4-2,8-16)17-12(18)10-6-5-9(15)7-11(10)14/h5-7H,3-4,8,16H2,1-2H3,(H,17,18). The summed E-state index contributed by atoms with van der Waals surface area (Å²) in [5, 5.41) is 3.61. The van der Waals surface area contributed by atoms with E-state index in [-0.39, 0.29) is 11.4 Å². The number of nitrogens with one attached hydrogen (secondary N) is 1. The second-order valence-corrected chi connectivity index (χ2v) is 5.56. The second-order valence-electron chi connectivity index (χ2n) is 4.27. The van der Waals surface area contributed by atoms with Crippen LogP contribution in [0.2, 0.25) is 5.02 Å². The Morgan fingerprint density at radius 3 is 2.50 bits per heavy atom. The first-order valence-electron chi connectivity index (χ1n) is 5.95. The molecule has 18 heavy (non-hydrogen) atoms. The van der Waals surface area contributed by atoms with Gasteiger partial charge in [0.25, 0.3) is 5.91 Å². The van der Waals surface area contributed by atoms with Crippen LogP contribution in [0.1, 0.15) is 37.0 Å². The molecule has 3 nitrogen and oxygen atoms in total. The molecule has 0 aliphatic rings. The summed E-state index contributed by atoms with van der Waals surface area (Å²) in [6, 6.07) is 5.11. The Kier molecular flexibility index (Phi) is 5.63. The summed E-state index contributed by atoms with van der Waals surface area (Å²) >= 11 is 9.20. The largest absolute Gasteiger partial charge is 0.345 e. The first-order chi connectivity index (χ1) is 8.48. The molecular weight excluding hydrogens is 316 g/mol. The van der Waals surface area contributed by atoms with Gasteiger partial charge in [0.05, 0.1) is 11.1 Å². The van der Waals surface area contributed by atoms with Crippen molar-refractivity contribution in [2.24, 2.45) is 5.73 Å². The third-order valence-electron chi connectivity index (χ3n) is 3.30. The first-order valence-corrected chi connectivity index (χ1v) is 7.12. The summed E-state index contributed by atoms with van der Waals surface area (Å²) in [6.07, 6.45) is 1.61. The molecule has 0 fully saturated rings. The fourth-order valence-corrected chi connectivity index (χ4v) is 2.61. The molecule has 3 N–H and O–H groups in total. The molecule has 0 unspecified atom stereocenters. The van der Waals surface area contributed by atoms with Gasteiger partial charge in [0.15, 0.2) is 0 Å². The van der Waals surface area contributed by atoms with E-state index in [0.717, 1.165) is 12.8 Å². The fraction of sp³-hybridized carbons (Fsp3) is 0.462. The molecule has 100 valence electrons. The number of nitrogens with two attached hydrogens (primary N) is 1. The monoisotopic (exact) mass is 332 g/mol. The van der Waals surface area contributed by atoms with Gasteiger partial charge in [-0.05, 0) is 47.0 Å². The van der Waals surface area contributed by atoms with Gasteiger partial charge in [-0.2, -0.15) is 0 Å². The van der Waals surface area contributed by atoms with E-state index in [1.54, 1.807) is 18.2 Å². The van der Waals surface area contributed by atoms with Crippen molar-refractivity contribution in [2.45, 2.75) is 32.2 Å². The van der Waals surface area contributed by atoms with Crippen molar-refractivity contribution in [1.82, 2.24) is 5.32 Å². The number of carbonyl (C=O) groups excluding carboxylic acids is 1. The zero-order valence-corrected chi connectivity index (χ0v) is 12.9. The normalized spacial score (nSPS) is 11.4. The Morgan fingerprint density at radius 2 is 2.06 bits per heavy atom. The van der Waals surface area contributed by atoms with Crippen LogP contribution in [0.5, 0.6) is 0 Å². The molecule has 1 aromatic rings. The first kappa shape index (κ1) is 15.5. The predicted octanol–water partition coefficient (Wildman–Crippen LogP) is 3.35. The Hall–Kier alpha value is -0.580. The van der Waals surface area contributed by atoms with Crippen LogP contribution in [0.4, 0.5) is 0 Å². The lowest BCUT2D eigenvalue weighted by Crippen LogP contribution is -2.52. The average Bonchev–Trinajstić information content (AvgIpc) is 2.36. The Labute approximate surface area is 121 Å². The van der Waals surface area contributed by atoms with E-state index in [1.807, 2.05) is 13.8 Å². The number of halogens is 2. The van der Waals surface area contributed by atoms with E-state index in [2.05, 4.69) is 21.2 Å². The molecule has 0 spiro atoms. The number of hydrogen-bond donors (Lipinski definition) is 2. The van der Waals surface area contributed by atoms with Crippen molar-refractivity contribution < 1.29 is 4.79 Å². The van der Waals surface area contributed by atoms with Crippen LogP contribution >= 0.6 is 27.5 Å². The molecule has 0 saturated carbocycles. The van der Waals surface area contributed by atoms with Crippen LogP contribution in [-0.4, -0.2) is 18.0 Å². The van der Waals surface area contributed by atoms with Crippen LogP contribution in [0.15, 0.2) is 22.7 Å². The highest BCUT2D eigenvalue weighted by Crippen LogP contribution is 2.23. The van der Waals surface area contributed by atoms with E-state index in [1.165, 1.54) is 0 Å². The minimum atomic E-state index is -0.337. The van der Waals surface area contributed by atoms with Crippen molar-refractivity contribution in [1.29, 1.82) is 0 Å². The predicted molar refractivity (Wildman–Crippen MR) is 79.0 cm³/mol. The lowest BCUT2D eigenvalue weighted by molar-refractivity contribution is 0.0894. The van der Waals surface area contributed by atoms with Crippen LogP contribution in [0, 0.1) is 0 Å². The fourth-order valence-electron chi connectivity index (χ4n) is 1.75. The molecule has 0 aromatic heterocycles. The summed E-state index contributed by atoms with van der Waals surface area (Å²) in [6.45, 7) is 4.47. The van der Waals surface area contributed by atoms with Gasteiger partial charge in [-0.25, -0.2) is 0 Å². The summed E-state index contributed by atoms with van der Waals surface area (Å²) < 4.78 is 0.686. The minimum Gasteiger partial charge on any atom is -0.345 e. The van der Waals surface area contributed by atoms with Crippen molar-refractivity contribution in [2.75, 3.05) is 6.54 Å². The van der Waals surface area contributed by atoms with Gasteiger partial charge in [0, 0.05) is 16.0 Å². The molecular formula is C13H18BrClN2O. The molecule has 0 heterocycles. The third-order valence-corrected chi connectivity index (χ3v) is 4.19. The number of benzene rings is 1. The molecule has 5 heteroatoms. The number of carbonyl (C=O) groups is 1. The summed E-state index contributed by atoms with van der Waals surface area (Å²) in [5.41, 5.74) is 6.00. The van der Waals surface area contributed by atoms with E-state index in [4.69, 9.17) is 17.3 Å². The van der Waals surface area contributed by atoms with E-state index in [0.29, 0.717) is 21.6 Å². The molecule has 1 rings (SSSR count). The van der Waals surface area contributed by atoms with E-state index in [9.17, 15) is 4.79 Å². The van der Waals surface area contributed by atoms with Gasteiger partial charge in [0.1, 0.15) is 0 Å². The average molecular weight is 334 g/mol. The second kappa shape index (κ2) is 6.55. The number of amides is 1. The third kappa shape index (κ3) is 3.46. The molecule has 0 saturated heterocycles. The van der Waals surface area contributed by atoms with Crippen LogP contribution in [0.3, 0.4) is 0 Å². The van der Waals surface area contributed by atoms with Gasteiger partial charge >= 0.3 is 0 Å². The van der Waals surface area contributed by atoms with E-state index >= 15 is 0 Å². The smallest absolute Gasteiger partial charge is 0.252 e. The quantitative estimate of drug-likeness (QED) is 0.868. The maximum atomic E-state index is 12.2. The lowest BCUT2D eigenvalue weighted by atomic mass is 9.92. The van der Waals surface area contributed by atoms with Gasteiger partial charge in [-0.3, -0.25) is 4.79 Å².